The highest BCUT2D eigenvalue weighted by Crippen LogP contribution is 2.22. The van der Waals surface area contributed by atoms with Crippen molar-refractivity contribution in [3.63, 3.8) is 0 Å². The van der Waals surface area contributed by atoms with Crippen molar-refractivity contribution in [2.45, 2.75) is 6.42 Å². The van der Waals surface area contributed by atoms with Gasteiger partial charge in [-0.05, 0) is 29.0 Å². The standard InChI is InChI=1S/C14H12FN3/c15-14-9-8-11(5-3-4-10-17-18-16)12-6-1-2-7-13(12)14/h1-3,5-9H,4,10H2. The summed E-state index contributed by atoms with van der Waals surface area (Å²) in [5.74, 6) is -0.211. The molecule has 0 aliphatic heterocycles. The predicted octanol–water partition coefficient (Wildman–Crippen LogP) is 4.69. The summed E-state index contributed by atoms with van der Waals surface area (Å²) < 4.78 is 13.6. The van der Waals surface area contributed by atoms with Crippen LogP contribution in [0, 0.1) is 5.82 Å². The van der Waals surface area contributed by atoms with E-state index in [2.05, 4.69) is 10.0 Å². The Kier molecular flexibility index (Phi) is 3.94. The van der Waals surface area contributed by atoms with Gasteiger partial charge in [-0.15, -0.1) is 0 Å². The Morgan fingerprint density at radius 1 is 1.17 bits per heavy atom. The molecule has 0 saturated heterocycles. The van der Waals surface area contributed by atoms with Crippen LogP contribution in [0.25, 0.3) is 27.3 Å². The van der Waals surface area contributed by atoms with Crippen LogP contribution >= 0.6 is 0 Å². The molecule has 3 nitrogen and oxygen atoms in total. The van der Waals surface area contributed by atoms with E-state index in [9.17, 15) is 4.39 Å². The summed E-state index contributed by atoms with van der Waals surface area (Å²) in [6, 6.07) is 10.6. The number of nitrogens with zero attached hydrogens (tertiary/aromatic N) is 3. The Labute approximate surface area is 104 Å². The van der Waals surface area contributed by atoms with Crippen molar-refractivity contribution in [2.24, 2.45) is 5.11 Å². The van der Waals surface area contributed by atoms with E-state index in [0.29, 0.717) is 18.4 Å². The van der Waals surface area contributed by atoms with Crippen LogP contribution in [-0.2, 0) is 0 Å². The van der Waals surface area contributed by atoms with Crippen molar-refractivity contribution < 1.29 is 4.39 Å². The first-order valence-corrected chi connectivity index (χ1v) is 5.67. The Balaban J connectivity index is 2.28. The first-order valence-electron chi connectivity index (χ1n) is 5.67. The molecule has 4 heteroatoms. The molecular weight excluding hydrogens is 229 g/mol. The largest absolute Gasteiger partial charge is 0.206 e. The Morgan fingerprint density at radius 3 is 2.72 bits per heavy atom. The van der Waals surface area contributed by atoms with E-state index in [-0.39, 0.29) is 5.82 Å². The van der Waals surface area contributed by atoms with Gasteiger partial charge in [-0.1, -0.05) is 47.6 Å². The zero-order valence-electron chi connectivity index (χ0n) is 9.75. The number of hydrogen-bond donors (Lipinski definition) is 0. The SMILES string of the molecule is [N-]=[N+]=NCCC=Cc1ccc(F)c2ccccc12. The zero-order valence-corrected chi connectivity index (χ0v) is 9.75. The average Bonchev–Trinajstić information content (AvgIpc) is 2.41. The zero-order chi connectivity index (χ0) is 12.8. The van der Waals surface area contributed by atoms with Crippen LogP contribution in [0.15, 0.2) is 47.6 Å². The van der Waals surface area contributed by atoms with Crippen molar-refractivity contribution in [1.82, 2.24) is 0 Å². The summed E-state index contributed by atoms with van der Waals surface area (Å²) in [7, 11) is 0. The maximum absolute atomic E-state index is 13.6. The van der Waals surface area contributed by atoms with Crippen LogP contribution in [0.3, 0.4) is 0 Å². The van der Waals surface area contributed by atoms with E-state index in [4.69, 9.17) is 5.53 Å². The van der Waals surface area contributed by atoms with Gasteiger partial charge in [0.25, 0.3) is 0 Å². The maximum atomic E-state index is 13.6. The number of azide groups is 1. The fourth-order valence-electron chi connectivity index (χ4n) is 1.82. The van der Waals surface area contributed by atoms with Crippen molar-refractivity contribution in [3.05, 3.63) is 64.3 Å². The van der Waals surface area contributed by atoms with E-state index in [0.717, 1.165) is 10.9 Å². The molecule has 2 aromatic carbocycles. The third kappa shape index (κ3) is 2.67. The third-order valence-electron chi connectivity index (χ3n) is 2.66. The molecule has 0 fully saturated rings. The summed E-state index contributed by atoms with van der Waals surface area (Å²) in [5, 5.41) is 4.96. The fourth-order valence-corrected chi connectivity index (χ4v) is 1.82. The van der Waals surface area contributed by atoms with E-state index < -0.39 is 0 Å². The van der Waals surface area contributed by atoms with Gasteiger partial charge in [0.2, 0.25) is 0 Å². The maximum Gasteiger partial charge on any atom is 0.131 e. The molecule has 0 bridgehead atoms. The number of fused-ring (bicyclic) bond motifs is 1. The Bertz CT molecular complexity index is 628. The molecule has 0 radical (unpaired) electrons. The van der Waals surface area contributed by atoms with Gasteiger partial charge in [-0.2, -0.15) is 0 Å². The molecule has 0 saturated carbocycles. The quantitative estimate of drug-likeness (QED) is 0.322. The summed E-state index contributed by atoms with van der Waals surface area (Å²) in [6.45, 7) is 0.437. The van der Waals surface area contributed by atoms with Crippen LogP contribution < -0.4 is 0 Å². The van der Waals surface area contributed by atoms with Crippen molar-refractivity contribution in [3.8, 4) is 0 Å². The average molecular weight is 241 g/mol. The summed E-state index contributed by atoms with van der Waals surface area (Å²) in [6.07, 6.45) is 4.53. The molecule has 2 aromatic rings. The lowest BCUT2D eigenvalue weighted by atomic mass is 10.0. The van der Waals surface area contributed by atoms with Gasteiger partial charge in [0.15, 0.2) is 0 Å². The lowest BCUT2D eigenvalue weighted by Gasteiger charge is -2.03. The topological polar surface area (TPSA) is 48.8 Å². The number of benzene rings is 2. The second kappa shape index (κ2) is 5.84. The highest BCUT2D eigenvalue weighted by molar-refractivity contribution is 5.90. The number of rotatable bonds is 4. The first kappa shape index (κ1) is 12.1. The van der Waals surface area contributed by atoms with Gasteiger partial charge in [-0.3, -0.25) is 0 Å². The summed E-state index contributed by atoms with van der Waals surface area (Å²) in [5.41, 5.74) is 9.11. The van der Waals surface area contributed by atoms with E-state index in [1.165, 1.54) is 6.07 Å². The van der Waals surface area contributed by atoms with E-state index >= 15 is 0 Å². The normalized spacial score (nSPS) is 10.7. The van der Waals surface area contributed by atoms with E-state index in [1.807, 2.05) is 30.4 Å². The lowest BCUT2D eigenvalue weighted by Crippen LogP contribution is -1.83. The molecular formula is C14H12FN3. The molecule has 0 heterocycles. The molecule has 90 valence electrons. The highest BCUT2D eigenvalue weighted by atomic mass is 19.1. The van der Waals surface area contributed by atoms with Crippen molar-refractivity contribution >= 4 is 16.8 Å². The summed E-state index contributed by atoms with van der Waals surface area (Å²) in [4.78, 5) is 2.68. The molecule has 0 spiro atoms. The molecule has 2 rings (SSSR count). The molecule has 0 atom stereocenters. The first-order chi connectivity index (χ1) is 8.83. The van der Waals surface area contributed by atoms with Crippen LogP contribution in [0.5, 0.6) is 0 Å². The minimum absolute atomic E-state index is 0.211. The van der Waals surface area contributed by atoms with Gasteiger partial charge in [0.05, 0.1) is 0 Å². The smallest absolute Gasteiger partial charge is 0.131 e. The molecule has 0 aliphatic rings. The highest BCUT2D eigenvalue weighted by Gasteiger charge is 2.02. The number of hydrogen-bond acceptors (Lipinski definition) is 1. The van der Waals surface area contributed by atoms with Crippen LogP contribution in [-0.4, -0.2) is 6.54 Å². The van der Waals surface area contributed by atoms with Gasteiger partial charge in [0.1, 0.15) is 5.82 Å². The Morgan fingerprint density at radius 2 is 1.94 bits per heavy atom. The summed E-state index contributed by atoms with van der Waals surface area (Å²) >= 11 is 0. The third-order valence-corrected chi connectivity index (χ3v) is 2.66. The molecule has 0 amide bonds. The van der Waals surface area contributed by atoms with E-state index in [1.54, 1.807) is 12.1 Å². The Hall–Kier alpha value is -2.32. The van der Waals surface area contributed by atoms with Gasteiger partial charge in [-0.25, -0.2) is 4.39 Å². The monoisotopic (exact) mass is 241 g/mol. The van der Waals surface area contributed by atoms with Crippen LogP contribution in [0.4, 0.5) is 4.39 Å². The van der Waals surface area contributed by atoms with Crippen LogP contribution in [0.1, 0.15) is 12.0 Å². The van der Waals surface area contributed by atoms with Crippen molar-refractivity contribution in [1.29, 1.82) is 0 Å². The number of halogens is 1. The molecule has 0 aromatic heterocycles. The van der Waals surface area contributed by atoms with Gasteiger partial charge < -0.3 is 0 Å². The minimum Gasteiger partial charge on any atom is -0.206 e. The lowest BCUT2D eigenvalue weighted by molar-refractivity contribution is 0.640. The molecule has 0 unspecified atom stereocenters. The predicted molar refractivity (Wildman–Crippen MR) is 71.6 cm³/mol. The van der Waals surface area contributed by atoms with Gasteiger partial charge >= 0.3 is 0 Å². The van der Waals surface area contributed by atoms with Crippen molar-refractivity contribution in [2.75, 3.05) is 6.54 Å². The minimum atomic E-state index is -0.211. The molecule has 0 N–H and O–H groups in total. The van der Waals surface area contributed by atoms with Crippen LogP contribution in [0.2, 0.25) is 0 Å². The fraction of sp³-hybridized carbons (Fsp3) is 0.143. The van der Waals surface area contributed by atoms with Gasteiger partial charge in [0, 0.05) is 16.8 Å². The molecule has 0 aliphatic carbocycles. The molecule has 18 heavy (non-hydrogen) atoms. The second-order valence-corrected chi connectivity index (χ2v) is 3.83. The second-order valence-electron chi connectivity index (χ2n) is 3.83.